The Labute approximate surface area is 198 Å². The zero-order chi connectivity index (χ0) is 23.7. The normalized spacial score (nSPS) is 12.1. The zero-order valence-corrected chi connectivity index (χ0v) is 19.4. The van der Waals surface area contributed by atoms with Gasteiger partial charge in [0.2, 0.25) is 10.0 Å². The number of fused-ring (bicyclic) bond motifs is 1. The number of sulfonamides is 1. The number of imidazole rings is 1. The molecule has 3 aromatic heterocycles. The van der Waals surface area contributed by atoms with Gasteiger partial charge < -0.3 is 4.42 Å². The lowest BCUT2D eigenvalue weighted by atomic mass is 10.2. The Morgan fingerprint density at radius 1 is 1.00 bits per heavy atom. The average molecular weight is 500 g/mol. The minimum atomic E-state index is -3.89. The molecule has 0 aliphatic rings. The molecular formula is C24H19F2N3O3S2. The van der Waals surface area contributed by atoms with Crippen molar-refractivity contribution >= 4 is 26.3 Å². The van der Waals surface area contributed by atoms with Gasteiger partial charge >= 0.3 is 0 Å². The molecule has 0 saturated carbocycles. The van der Waals surface area contributed by atoms with Crippen LogP contribution < -0.4 is 0 Å². The van der Waals surface area contributed by atoms with Crippen molar-refractivity contribution in [3.63, 3.8) is 0 Å². The van der Waals surface area contributed by atoms with E-state index in [2.05, 4.69) is 4.98 Å². The first-order chi connectivity index (χ1) is 16.4. The Hall–Kier alpha value is -3.34. The second-order valence-electron chi connectivity index (χ2n) is 7.63. The largest absolute Gasteiger partial charge is 0.468 e. The summed E-state index contributed by atoms with van der Waals surface area (Å²) in [7, 11) is -3.89. The quantitative estimate of drug-likeness (QED) is 0.288. The topological polar surface area (TPSA) is 67.8 Å². The monoisotopic (exact) mass is 499 g/mol. The van der Waals surface area contributed by atoms with Crippen LogP contribution in [0.3, 0.4) is 0 Å². The van der Waals surface area contributed by atoms with Gasteiger partial charge in [0.1, 0.15) is 17.4 Å². The smallest absolute Gasteiger partial charge is 0.243 e. The maximum atomic E-state index is 13.4. The molecule has 0 N–H and O–H groups in total. The standard InChI is InChI=1S/C24H19F2N3O3S2/c25-18-5-3-17(4-6-18)23-15-29-20(16-33-24(29)27-23)11-12-28(14-21-2-1-13-32-21)34(30,31)22-9-7-19(26)8-10-22/h1-10,13,15-16H,11-12,14H2. The van der Waals surface area contributed by atoms with Gasteiger partial charge in [-0.1, -0.05) is 0 Å². The van der Waals surface area contributed by atoms with Gasteiger partial charge in [-0.05, 0) is 60.7 Å². The Balaban J connectivity index is 1.41. The number of halogens is 2. The van der Waals surface area contributed by atoms with E-state index in [-0.39, 0.29) is 23.8 Å². The van der Waals surface area contributed by atoms with Crippen LogP contribution in [-0.4, -0.2) is 28.7 Å². The molecule has 0 unspecified atom stereocenters. The van der Waals surface area contributed by atoms with E-state index in [1.165, 1.54) is 46.2 Å². The fraction of sp³-hybridized carbons (Fsp3) is 0.125. The van der Waals surface area contributed by atoms with Crippen LogP contribution in [-0.2, 0) is 23.0 Å². The molecule has 0 amide bonds. The van der Waals surface area contributed by atoms with Crippen LogP contribution in [0.25, 0.3) is 16.2 Å². The Bertz CT molecular complexity index is 1510. The predicted octanol–water partition coefficient (Wildman–Crippen LogP) is 5.37. The first-order valence-corrected chi connectivity index (χ1v) is 12.7. The second-order valence-corrected chi connectivity index (χ2v) is 10.4. The van der Waals surface area contributed by atoms with E-state index in [1.54, 1.807) is 24.3 Å². The Morgan fingerprint density at radius 2 is 1.71 bits per heavy atom. The molecule has 174 valence electrons. The van der Waals surface area contributed by atoms with E-state index >= 15 is 0 Å². The van der Waals surface area contributed by atoms with Crippen molar-refractivity contribution in [3.05, 3.63) is 102 Å². The molecule has 0 fully saturated rings. The number of nitrogens with zero attached hydrogens (tertiary/aromatic N) is 3. The minimum Gasteiger partial charge on any atom is -0.468 e. The fourth-order valence-electron chi connectivity index (χ4n) is 3.62. The van der Waals surface area contributed by atoms with Crippen LogP contribution in [0, 0.1) is 11.6 Å². The molecule has 3 heterocycles. The molecule has 0 saturated heterocycles. The third-order valence-electron chi connectivity index (χ3n) is 5.40. The van der Waals surface area contributed by atoms with Crippen LogP contribution in [0.1, 0.15) is 11.5 Å². The predicted molar refractivity (Wildman–Crippen MR) is 125 cm³/mol. The molecule has 0 aliphatic carbocycles. The number of thiazole rings is 1. The first kappa shape index (κ1) is 22.5. The molecule has 0 aliphatic heterocycles. The van der Waals surface area contributed by atoms with Crippen LogP contribution in [0.15, 0.2) is 87.8 Å². The highest BCUT2D eigenvalue weighted by Gasteiger charge is 2.26. The lowest BCUT2D eigenvalue weighted by Crippen LogP contribution is -2.32. The summed E-state index contributed by atoms with van der Waals surface area (Å²) in [5.74, 6) is -0.318. The SMILES string of the molecule is O=S(=O)(c1ccc(F)cc1)N(CCc1csc2nc(-c3ccc(F)cc3)cn12)Cc1ccco1. The number of hydrogen-bond acceptors (Lipinski definition) is 5. The molecule has 0 bridgehead atoms. The van der Waals surface area contributed by atoms with Crippen molar-refractivity contribution in [2.45, 2.75) is 17.9 Å². The van der Waals surface area contributed by atoms with E-state index in [9.17, 15) is 17.2 Å². The highest BCUT2D eigenvalue weighted by Crippen LogP contribution is 2.25. The molecule has 0 radical (unpaired) electrons. The van der Waals surface area contributed by atoms with Crippen molar-refractivity contribution < 1.29 is 21.6 Å². The Morgan fingerprint density at radius 3 is 2.38 bits per heavy atom. The van der Waals surface area contributed by atoms with Crippen LogP contribution in [0.5, 0.6) is 0 Å². The van der Waals surface area contributed by atoms with Crippen molar-refractivity contribution in [1.29, 1.82) is 0 Å². The summed E-state index contributed by atoms with van der Waals surface area (Å²) in [5.41, 5.74) is 2.39. The minimum absolute atomic E-state index is 0.0112. The van der Waals surface area contributed by atoms with Gasteiger partial charge in [-0.2, -0.15) is 4.31 Å². The number of hydrogen-bond donors (Lipinski definition) is 0. The third kappa shape index (κ3) is 4.52. The Kier molecular flexibility index (Phi) is 6.03. The van der Waals surface area contributed by atoms with E-state index < -0.39 is 15.8 Å². The maximum Gasteiger partial charge on any atom is 0.243 e. The van der Waals surface area contributed by atoms with Gasteiger partial charge in [0.25, 0.3) is 0 Å². The van der Waals surface area contributed by atoms with E-state index in [4.69, 9.17) is 4.42 Å². The highest BCUT2D eigenvalue weighted by molar-refractivity contribution is 7.89. The second kappa shape index (κ2) is 9.13. The van der Waals surface area contributed by atoms with Crippen LogP contribution >= 0.6 is 11.3 Å². The summed E-state index contributed by atoms with van der Waals surface area (Å²) in [6, 6.07) is 14.3. The first-order valence-electron chi connectivity index (χ1n) is 10.4. The number of furan rings is 1. The molecule has 0 atom stereocenters. The summed E-state index contributed by atoms with van der Waals surface area (Å²) in [6.45, 7) is 0.223. The number of aromatic nitrogens is 2. The summed E-state index contributed by atoms with van der Waals surface area (Å²) in [6.07, 6.45) is 3.77. The fourth-order valence-corrected chi connectivity index (χ4v) is 5.94. The molecule has 0 spiro atoms. The van der Waals surface area contributed by atoms with E-state index in [0.29, 0.717) is 17.9 Å². The number of rotatable bonds is 8. The molecule has 5 rings (SSSR count). The highest BCUT2D eigenvalue weighted by atomic mass is 32.2. The van der Waals surface area contributed by atoms with Gasteiger partial charge in [0, 0.05) is 35.8 Å². The van der Waals surface area contributed by atoms with Crippen molar-refractivity contribution in [3.8, 4) is 11.3 Å². The summed E-state index contributed by atoms with van der Waals surface area (Å²) in [5, 5.41) is 1.94. The van der Waals surface area contributed by atoms with Gasteiger partial charge in [0.05, 0.1) is 23.4 Å². The van der Waals surface area contributed by atoms with Crippen molar-refractivity contribution in [2.24, 2.45) is 0 Å². The molecule has 10 heteroatoms. The van der Waals surface area contributed by atoms with Crippen LogP contribution in [0.2, 0.25) is 0 Å². The summed E-state index contributed by atoms with van der Waals surface area (Å²) < 4.78 is 61.9. The van der Waals surface area contributed by atoms with Gasteiger partial charge in [-0.3, -0.25) is 4.40 Å². The lowest BCUT2D eigenvalue weighted by Gasteiger charge is -2.21. The molecule has 2 aromatic carbocycles. The van der Waals surface area contributed by atoms with Gasteiger partial charge in [-0.15, -0.1) is 11.3 Å². The van der Waals surface area contributed by atoms with Crippen molar-refractivity contribution in [1.82, 2.24) is 13.7 Å². The summed E-state index contributed by atoms with van der Waals surface area (Å²) >= 11 is 1.44. The molecule has 34 heavy (non-hydrogen) atoms. The molecule has 5 aromatic rings. The van der Waals surface area contributed by atoms with Crippen LogP contribution in [0.4, 0.5) is 8.78 Å². The lowest BCUT2D eigenvalue weighted by molar-refractivity contribution is 0.365. The van der Waals surface area contributed by atoms with Gasteiger partial charge in [-0.25, -0.2) is 22.2 Å². The van der Waals surface area contributed by atoms with E-state index in [0.717, 1.165) is 28.4 Å². The van der Waals surface area contributed by atoms with E-state index in [1.807, 2.05) is 16.0 Å². The average Bonchev–Trinajstić information content (AvgIpc) is 3.56. The van der Waals surface area contributed by atoms with Crippen molar-refractivity contribution in [2.75, 3.05) is 6.54 Å². The van der Waals surface area contributed by atoms with Gasteiger partial charge in [0.15, 0.2) is 4.96 Å². The third-order valence-corrected chi connectivity index (χ3v) is 8.15. The maximum absolute atomic E-state index is 13.4. The summed E-state index contributed by atoms with van der Waals surface area (Å²) in [4.78, 5) is 5.37. The zero-order valence-electron chi connectivity index (χ0n) is 17.8. The number of benzene rings is 2. The molecular weight excluding hydrogens is 480 g/mol. The molecule has 6 nitrogen and oxygen atoms in total.